The van der Waals surface area contributed by atoms with Crippen LogP contribution in [0.15, 0.2) is 0 Å². The van der Waals surface area contributed by atoms with Crippen LogP contribution < -0.4 is 5.32 Å². The van der Waals surface area contributed by atoms with E-state index in [0.29, 0.717) is 0 Å². The van der Waals surface area contributed by atoms with Gasteiger partial charge in [0.1, 0.15) is 0 Å². The number of nitrogens with zero attached hydrogens (tertiary/aromatic N) is 1. The number of rotatable bonds is 3. The molecule has 0 aromatic carbocycles. The summed E-state index contributed by atoms with van der Waals surface area (Å²) in [6.07, 6.45) is 4.10. The zero-order chi connectivity index (χ0) is 7.33. The van der Waals surface area contributed by atoms with Crippen LogP contribution in [0.5, 0.6) is 0 Å². The highest BCUT2D eigenvalue weighted by Crippen LogP contribution is 2.08. The molecule has 0 aliphatic rings. The largest absolute Gasteiger partial charge is 0.318 e. The van der Waals surface area contributed by atoms with Crippen molar-refractivity contribution in [2.24, 2.45) is 0 Å². The molecular weight excluding hydrogens is 112 g/mol. The third-order valence-electron chi connectivity index (χ3n) is 1.27. The predicted octanol–water partition coefficient (Wildman–Crippen LogP) is 1.64. The van der Waals surface area contributed by atoms with Crippen LogP contribution in [-0.2, 0) is 0 Å². The summed E-state index contributed by atoms with van der Waals surface area (Å²) in [5.41, 5.74) is -0.0104. The third kappa shape index (κ3) is 3.84. The minimum atomic E-state index is -0.0104. The summed E-state index contributed by atoms with van der Waals surface area (Å²) in [7, 11) is 0. The van der Waals surface area contributed by atoms with Crippen LogP contribution in [-0.4, -0.2) is 5.54 Å². The lowest BCUT2D eigenvalue weighted by atomic mass is 10.00. The molecule has 0 heterocycles. The number of hydrogen-bond acceptors (Lipinski definition) is 2. The summed E-state index contributed by atoms with van der Waals surface area (Å²) in [5.74, 6) is 0. The van der Waals surface area contributed by atoms with E-state index in [4.69, 9.17) is 5.26 Å². The molecular formula is C7H14N2. The molecule has 1 N–H and O–H groups in total. The highest BCUT2D eigenvalue weighted by molar-refractivity contribution is 4.83. The quantitative estimate of drug-likeness (QED) is 0.461. The lowest BCUT2D eigenvalue weighted by molar-refractivity contribution is 0.411. The Bertz CT molecular complexity index is 111. The van der Waals surface area contributed by atoms with Gasteiger partial charge in [0.05, 0.1) is 0 Å². The third-order valence-corrected chi connectivity index (χ3v) is 1.27. The maximum atomic E-state index is 8.27. The molecule has 0 radical (unpaired) electrons. The summed E-state index contributed by atoms with van der Waals surface area (Å²) >= 11 is 0. The summed E-state index contributed by atoms with van der Waals surface area (Å²) in [5, 5.41) is 11.0. The molecule has 0 spiro atoms. The van der Waals surface area contributed by atoms with Crippen molar-refractivity contribution in [1.29, 1.82) is 5.26 Å². The zero-order valence-electron chi connectivity index (χ0n) is 6.36. The van der Waals surface area contributed by atoms with Gasteiger partial charge < -0.3 is 5.32 Å². The highest BCUT2D eigenvalue weighted by atomic mass is 14.9. The summed E-state index contributed by atoms with van der Waals surface area (Å²) in [6.45, 7) is 6.17. The van der Waals surface area contributed by atoms with Crippen LogP contribution in [0.3, 0.4) is 0 Å². The lowest BCUT2D eigenvalue weighted by Gasteiger charge is -2.21. The average molecular weight is 126 g/mol. The Hall–Kier alpha value is -0.710. The molecule has 52 valence electrons. The average Bonchev–Trinajstić information content (AvgIpc) is 1.64. The topological polar surface area (TPSA) is 35.8 Å². The number of nitrogens with one attached hydrogen (secondary N) is 1. The van der Waals surface area contributed by atoms with E-state index >= 15 is 0 Å². The van der Waals surface area contributed by atoms with Gasteiger partial charge in [-0.25, -0.2) is 0 Å². The van der Waals surface area contributed by atoms with Gasteiger partial charge in [-0.15, -0.1) is 0 Å². The predicted molar refractivity (Wildman–Crippen MR) is 37.7 cm³/mol. The Balaban J connectivity index is 3.59. The lowest BCUT2D eigenvalue weighted by Crippen LogP contribution is -2.35. The Morgan fingerprint density at radius 2 is 2.11 bits per heavy atom. The van der Waals surface area contributed by atoms with E-state index in [1.54, 1.807) is 0 Å². The smallest absolute Gasteiger partial charge is 0.177 e. The van der Waals surface area contributed by atoms with Gasteiger partial charge in [0.15, 0.2) is 6.19 Å². The molecule has 0 bridgehead atoms. The Labute approximate surface area is 56.9 Å². The van der Waals surface area contributed by atoms with E-state index in [0.717, 1.165) is 12.8 Å². The Kier molecular flexibility index (Phi) is 3.08. The van der Waals surface area contributed by atoms with Crippen molar-refractivity contribution >= 4 is 0 Å². The van der Waals surface area contributed by atoms with Crippen molar-refractivity contribution in [1.82, 2.24) is 5.32 Å². The highest BCUT2D eigenvalue weighted by Gasteiger charge is 2.13. The first kappa shape index (κ1) is 8.29. The van der Waals surface area contributed by atoms with E-state index in [-0.39, 0.29) is 5.54 Å². The van der Waals surface area contributed by atoms with Crippen LogP contribution in [0.4, 0.5) is 0 Å². The van der Waals surface area contributed by atoms with E-state index in [9.17, 15) is 0 Å². The van der Waals surface area contributed by atoms with Crippen LogP contribution in [0.25, 0.3) is 0 Å². The summed E-state index contributed by atoms with van der Waals surface area (Å²) < 4.78 is 0. The molecule has 0 amide bonds. The van der Waals surface area contributed by atoms with Crippen molar-refractivity contribution in [2.75, 3.05) is 0 Å². The van der Waals surface area contributed by atoms with Crippen molar-refractivity contribution in [2.45, 2.75) is 39.2 Å². The van der Waals surface area contributed by atoms with Gasteiger partial charge in [-0.05, 0) is 20.3 Å². The van der Waals surface area contributed by atoms with Gasteiger partial charge in [0.25, 0.3) is 0 Å². The molecule has 2 heteroatoms. The summed E-state index contributed by atoms with van der Waals surface area (Å²) in [4.78, 5) is 0. The molecule has 9 heavy (non-hydrogen) atoms. The first-order valence-corrected chi connectivity index (χ1v) is 3.28. The van der Waals surface area contributed by atoms with Crippen molar-refractivity contribution < 1.29 is 0 Å². The zero-order valence-corrected chi connectivity index (χ0v) is 6.36. The van der Waals surface area contributed by atoms with Gasteiger partial charge >= 0.3 is 0 Å². The van der Waals surface area contributed by atoms with Gasteiger partial charge in [-0.1, -0.05) is 13.3 Å². The molecule has 0 aliphatic carbocycles. The van der Waals surface area contributed by atoms with Crippen LogP contribution in [0.1, 0.15) is 33.6 Å². The van der Waals surface area contributed by atoms with Crippen LogP contribution >= 0.6 is 0 Å². The second kappa shape index (κ2) is 3.34. The number of nitriles is 1. The fraction of sp³-hybridized carbons (Fsp3) is 0.857. The van der Waals surface area contributed by atoms with Crippen LogP contribution in [0, 0.1) is 11.5 Å². The van der Waals surface area contributed by atoms with Crippen molar-refractivity contribution in [3.8, 4) is 6.19 Å². The van der Waals surface area contributed by atoms with Crippen molar-refractivity contribution in [3.63, 3.8) is 0 Å². The first-order chi connectivity index (χ1) is 4.12. The molecule has 0 atom stereocenters. The second-order valence-electron chi connectivity index (χ2n) is 2.87. The molecule has 0 saturated heterocycles. The van der Waals surface area contributed by atoms with Gasteiger partial charge in [-0.2, -0.15) is 5.26 Å². The normalized spacial score (nSPS) is 10.4. The minimum Gasteiger partial charge on any atom is -0.318 e. The summed E-state index contributed by atoms with van der Waals surface area (Å²) in [6, 6.07) is 0. The van der Waals surface area contributed by atoms with Gasteiger partial charge in [-0.3, -0.25) is 0 Å². The van der Waals surface area contributed by atoms with E-state index in [1.165, 1.54) is 0 Å². The molecule has 0 unspecified atom stereocenters. The SMILES string of the molecule is CCCC(C)(C)NC#N. The fourth-order valence-corrected chi connectivity index (χ4v) is 0.839. The Morgan fingerprint density at radius 3 is 2.44 bits per heavy atom. The maximum Gasteiger partial charge on any atom is 0.177 e. The van der Waals surface area contributed by atoms with Crippen LogP contribution in [0.2, 0.25) is 0 Å². The minimum absolute atomic E-state index is 0.0104. The molecule has 0 aliphatic heterocycles. The molecule has 0 fully saturated rings. The molecule has 0 saturated carbocycles. The molecule has 0 rings (SSSR count). The van der Waals surface area contributed by atoms with E-state index < -0.39 is 0 Å². The number of hydrogen-bond donors (Lipinski definition) is 1. The van der Waals surface area contributed by atoms with E-state index in [1.807, 2.05) is 20.0 Å². The maximum absolute atomic E-state index is 8.27. The second-order valence-corrected chi connectivity index (χ2v) is 2.87. The first-order valence-electron chi connectivity index (χ1n) is 3.28. The monoisotopic (exact) mass is 126 g/mol. The molecule has 0 aromatic heterocycles. The molecule has 0 aromatic rings. The van der Waals surface area contributed by atoms with Gasteiger partial charge in [0.2, 0.25) is 0 Å². The van der Waals surface area contributed by atoms with Crippen molar-refractivity contribution in [3.05, 3.63) is 0 Å². The fourth-order valence-electron chi connectivity index (χ4n) is 0.839. The van der Waals surface area contributed by atoms with E-state index in [2.05, 4.69) is 12.2 Å². The van der Waals surface area contributed by atoms with Gasteiger partial charge in [0, 0.05) is 5.54 Å². The molecule has 2 nitrogen and oxygen atoms in total. The Morgan fingerprint density at radius 1 is 1.56 bits per heavy atom. The standard InChI is InChI=1S/C7H14N2/c1-4-5-7(2,3)9-6-8/h9H,4-5H2,1-3H3.